The average molecular weight is 429 g/mol. The predicted molar refractivity (Wildman–Crippen MR) is 114 cm³/mol. The number of esters is 2. The summed E-state index contributed by atoms with van der Waals surface area (Å²) in [5.74, 6) is -3.18. The van der Waals surface area contributed by atoms with E-state index in [1.165, 1.54) is 44.9 Å². The van der Waals surface area contributed by atoms with Crippen LogP contribution in [0.4, 0.5) is 0 Å². The van der Waals surface area contributed by atoms with E-state index in [0.29, 0.717) is 6.42 Å². The fourth-order valence-electron chi connectivity index (χ4n) is 2.70. The van der Waals surface area contributed by atoms with Gasteiger partial charge in [0.25, 0.3) is 10.1 Å². The molecular formula is C20H37NaO6S. The Hall–Kier alpha value is -0.210. The summed E-state index contributed by atoms with van der Waals surface area (Å²) in [5, 5.41) is 0. The number of rotatable bonds is 17. The van der Waals surface area contributed by atoms with E-state index in [0.717, 1.165) is 32.1 Å². The molecule has 0 aliphatic heterocycles. The first kappa shape index (κ1) is 30.0. The summed E-state index contributed by atoms with van der Waals surface area (Å²) in [7, 11) is -4.45. The van der Waals surface area contributed by atoms with Crippen LogP contribution in [0.1, 0.15) is 96.8 Å². The van der Waals surface area contributed by atoms with Crippen molar-refractivity contribution < 1.29 is 27.3 Å². The van der Waals surface area contributed by atoms with E-state index < -0.39 is 27.8 Å². The van der Waals surface area contributed by atoms with Gasteiger partial charge in [-0.3, -0.25) is 14.1 Å². The molecule has 0 atom stereocenters. The van der Waals surface area contributed by atoms with Crippen molar-refractivity contribution in [2.75, 3.05) is 5.75 Å². The van der Waals surface area contributed by atoms with Crippen LogP contribution in [0.3, 0.4) is 0 Å². The first-order valence-electron chi connectivity index (χ1n) is 10.2. The van der Waals surface area contributed by atoms with Crippen molar-refractivity contribution in [2.45, 2.75) is 96.8 Å². The summed E-state index contributed by atoms with van der Waals surface area (Å²) in [6.45, 7) is 2.23. The Balaban J connectivity index is 0. The molecule has 0 aliphatic rings. The van der Waals surface area contributed by atoms with E-state index in [9.17, 15) is 18.0 Å². The van der Waals surface area contributed by atoms with Crippen LogP contribution >= 0.6 is 0 Å². The summed E-state index contributed by atoms with van der Waals surface area (Å²) in [6, 6.07) is 0. The molecule has 28 heavy (non-hydrogen) atoms. The number of hydrogen-bond acceptors (Lipinski definition) is 5. The van der Waals surface area contributed by atoms with Crippen molar-refractivity contribution in [3.63, 3.8) is 0 Å². The molecule has 0 saturated heterocycles. The van der Waals surface area contributed by atoms with Crippen LogP contribution < -0.4 is 0 Å². The Morgan fingerprint density at radius 3 is 1.75 bits per heavy atom. The number of carbonyl (C=O) groups excluding carboxylic acids is 2. The second-order valence-corrected chi connectivity index (χ2v) is 8.36. The molecule has 1 N–H and O–H groups in total. The van der Waals surface area contributed by atoms with Crippen molar-refractivity contribution in [1.29, 1.82) is 0 Å². The van der Waals surface area contributed by atoms with E-state index in [1.807, 2.05) is 0 Å². The van der Waals surface area contributed by atoms with E-state index in [4.69, 9.17) is 4.55 Å². The molecule has 0 aromatic heterocycles. The molecule has 0 spiro atoms. The zero-order chi connectivity index (χ0) is 20.4. The van der Waals surface area contributed by atoms with Gasteiger partial charge in [-0.2, -0.15) is 8.42 Å². The summed E-state index contributed by atoms with van der Waals surface area (Å²) < 4.78 is 33.7. The van der Waals surface area contributed by atoms with E-state index >= 15 is 0 Å². The van der Waals surface area contributed by atoms with E-state index in [2.05, 4.69) is 23.8 Å². The minimum atomic E-state index is -4.45. The predicted octanol–water partition coefficient (Wildman–Crippen LogP) is 4.33. The van der Waals surface area contributed by atoms with Gasteiger partial charge in [0.1, 0.15) is 0 Å². The van der Waals surface area contributed by atoms with Gasteiger partial charge in [-0.15, -0.1) is 0 Å². The molecule has 0 heterocycles. The molecule has 0 rings (SSSR count). The van der Waals surface area contributed by atoms with Gasteiger partial charge >= 0.3 is 41.5 Å². The van der Waals surface area contributed by atoms with Gasteiger partial charge in [-0.25, -0.2) is 0 Å². The van der Waals surface area contributed by atoms with Crippen LogP contribution in [0.15, 0.2) is 12.2 Å². The molecular weight excluding hydrogens is 391 g/mol. The van der Waals surface area contributed by atoms with Crippen LogP contribution in [-0.2, 0) is 24.4 Å². The number of allylic oxidation sites excluding steroid dienone is 2. The Morgan fingerprint density at radius 2 is 1.25 bits per heavy atom. The molecule has 0 radical (unpaired) electrons. The molecule has 0 unspecified atom stereocenters. The standard InChI is InChI=1S/C20H36O6S.Na.H/c1-2-3-4-5-6-7-8-9-10-11-12-13-14-15-16-17-19(21)26-20(22)18-27(23,24)25;;/h9-10H,2-8,11-18H2,1H3,(H,23,24,25);;. The van der Waals surface area contributed by atoms with Crippen LogP contribution in [-0.4, -0.2) is 60.2 Å². The Morgan fingerprint density at radius 1 is 0.786 bits per heavy atom. The number of unbranched alkanes of at least 4 members (excludes halogenated alkanes) is 11. The van der Waals surface area contributed by atoms with Crippen LogP contribution in [0, 0.1) is 0 Å². The minimum absolute atomic E-state index is 0. The third kappa shape index (κ3) is 23.8. The van der Waals surface area contributed by atoms with Crippen molar-refractivity contribution >= 4 is 51.6 Å². The van der Waals surface area contributed by atoms with Crippen molar-refractivity contribution in [3.8, 4) is 0 Å². The third-order valence-corrected chi connectivity index (χ3v) is 4.77. The second-order valence-electron chi connectivity index (χ2n) is 6.91. The topological polar surface area (TPSA) is 97.7 Å². The fraction of sp³-hybridized carbons (Fsp3) is 0.800. The molecule has 0 aliphatic carbocycles. The van der Waals surface area contributed by atoms with Gasteiger partial charge in [0.05, 0.1) is 0 Å². The molecule has 0 saturated carbocycles. The van der Waals surface area contributed by atoms with Gasteiger partial charge in [-0.05, 0) is 32.1 Å². The fourth-order valence-corrected chi connectivity index (χ4v) is 3.05. The summed E-state index contributed by atoms with van der Waals surface area (Å²) in [5.41, 5.74) is 0. The Labute approximate surface area is 192 Å². The maximum absolute atomic E-state index is 11.3. The molecule has 160 valence electrons. The van der Waals surface area contributed by atoms with Crippen molar-refractivity contribution in [1.82, 2.24) is 0 Å². The number of hydrogen-bond donors (Lipinski definition) is 1. The Kier molecular flexibility index (Phi) is 21.5. The molecule has 0 aromatic rings. The monoisotopic (exact) mass is 428 g/mol. The summed E-state index contributed by atoms with van der Waals surface area (Å²) in [4.78, 5) is 22.4. The first-order chi connectivity index (χ1) is 12.8. The average Bonchev–Trinajstić information content (AvgIpc) is 2.56. The molecule has 0 fully saturated rings. The van der Waals surface area contributed by atoms with Gasteiger partial charge in [-0.1, -0.05) is 70.4 Å². The molecule has 0 aromatic carbocycles. The normalized spacial score (nSPS) is 11.4. The van der Waals surface area contributed by atoms with Crippen LogP contribution in [0.5, 0.6) is 0 Å². The first-order valence-corrected chi connectivity index (χ1v) is 11.8. The van der Waals surface area contributed by atoms with Gasteiger partial charge in [0.2, 0.25) is 0 Å². The zero-order valence-electron chi connectivity index (χ0n) is 16.7. The van der Waals surface area contributed by atoms with E-state index in [-0.39, 0.29) is 36.0 Å². The molecule has 0 amide bonds. The Bertz CT molecular complexity index is 531. The van der Waals surface area contributed by atoms with Crippen molar-refractivity contribution in [2.24, 2.45) is 0 Å². The SMILES string of the molecule is CCCCCCCCC=CCCCCCCCC(=O)OC(=O)CS(=O)(=O)O.[NaH]. The molecule has 0 bridgehead atoms. The van der Waals surface area contributed by atoms with Crippen molar-refractivity contribution in [3.05, 3.63) is 12.2 Å². The molecule has 8 heteroatoms. The van der Waals surface area contributed by atoms with Crippen LogP contribution in [0.2, 0.25) is 0 Å². The van der Waals surface area contributed by atoms with Gasteiger partial charge < -0.3 is 4.74 Å². The maximum atomic E-state index is 11.3. The number of carbonyl (C=O) groups is 2. The zero-order valence-corrected chi connectivity index (χ0v) is 17.5. The van der Waals surface area contributed by atoms with Crippen LogP contribution in [0.25, 0.3) is 0 Å². The summed E-state index contributed by atoms with van der Waals surface area (Å²) >= 11 is 0. The summed E-state index contributed by atoms with van der Waals surface area (Å²) in [6.07, 6.45) is 19.5. The van der Waals surface area contributed by atoms with E-state index in [1.54, 1.807) is 0 Å². The number of ether oxygens (including phenoxy) is 1. The quantitative estimate of drug-likeness (QED) is 0.0924. The van der Waals surface area contributed by atoms with Gasteiger partial charge in [0, 0.05) is 6.42 Å². The second kappa shape index (κ2) is 20.1. The third-order valence-electron chi connectivity index (χ3n) is 4.17. The van der Waals surface area contributed by atoms with Gasteiger partial charge in [0.15, 0.2) is 5.75 Å². The molecule has 6 nitrogen and oxygen atoms in total.